The smallest absolute Gasteiger partial charge is 0.201 e. The highest BCUT2D eigenvalue weighted by Crippen LogP contribution is 2.22. The third-order valence-electron chi connectivity index (χ3n) is 2.85. The van der Waals surface area contributed by atoms with Gasteiger partial charge in [-0.3, -0.25) is 4.79 Å². The van der Waals surface area contributed by atoms with Crippen LogP contribution in [0.2, 0.25) is 0 Å². The van der Waals surface area contributed by atoms with Crippen LogP contribution in [-0.2, 0) is 0 Å². The van der Waals surface area contributed by atoms with Crippen molar-refractivity contribution in [2.24, 2.45) is 0 Å². The molecule has 0 amide bonds. The monoisotopic (exact) mass is 290 g/mol. The molecule has 2 rings (SSSR count). The van der Waals surface area contributed by atoms with E-state index in [0.717, 1.165) is 21.1 Å². The maximum Gasteiger partial charge on any atom is 0.201 e. The number of hydrogen-bond donors (Lipinski definition) is 0. The molecule has 0 aliphatic heterocycles. The Labute approximate surface area is 123 Å². The topological polar surface area (TPSA) is 35.5 Å². The van der Waals surface area contributed by atoms with Crippen molar-refractivity contribution in [3.63, 3.8) is 0 Å². The molecule has 1 heterocycles. The Balaban J connectivity index is 1.94. The van der Waals surface area contributed by atoms with E-state index in [-0.39, 0.29) is 12.4 Å². The summed E-state index contributed by atoms with van der Waals surface area (Å²) in [6, 6.07) is 9.21. The van der Waals surface area contributed by atoms with Crippen molar-refractivity contribution < 1.29 is 14.3 Å². The second-order valence-corrected chi connectivity index (χ2v) is 5.90. The Morgan fingerprint density at radius 3 is 2.20 bits per heavy atom. The van der Waals surface area contributed by atoms with Crippen molar-refractivity contribution >= 4 is 17.1 Å². The molecule has 20 heavy (non-hydrogen) atoms. The zero-order chi connectivity index (χ0) is 14.5. The van der Waals surface area contributed by atoms with Crippen LogP contribution in [0.5, 0.6) is 11.5 Å². The lowest BCUT2D eigenvalue weighted by atomic mass is 10.2. The maximum atomic E-state index is 12.1. The number of rotatable bonds is 6. The summed E-state index contributed by atoms with van der Waals surface area (Å²) >= 11 is 1.63. The molecule has 106 valence electrons. The van der Waals surface area contributed by atoms with E-state index in [4.69, 9.17) is 9.47 Å². The van der Waals surface area contributed by atoms with E-state index in [2.05, 4.69) is 0 Å². The number of aryl methyl sites for hydroxylation is 2. The van der Waals surface area contributed by atoms with Crippen molar-refractivity contribution in [1.82, 2.24) is 0 Å². The first kappa shape index (κ1) is 14.6. The van der Waals surface area contributed by atoms with Gasteiger partial charge in [0.2, 0.25) is 5.78 Å². The second kappa shape index (κ2) is 6.57. The molecule has 1 aromatic heterocycles. The summed E-state index contributed by atoms with van der Waals surface area (Å²) < 4.78 is 10.9. The summed E-state index contributed by atoms with van der Waals surface area (Å²) in [7, 11) is 0. The molecule has 0 unspecified atom stereocenters. The minimum Gasteiger partial charge on any atom is -0.494 e. The summed E-state index contributed by atoms with van der Waals surface area (Å²) in [4.78, 5) is 14.3. The van der Waals surface area contributed by atoms with Crippen molar-refractivity contribution in [2.75, 3.05) is 13.2 Å². The predicted molar refractivity (Wildman–Crippen MR) is 81.2 cm³/mol. The quantitative estimate of drug-likeness (QED) is 0.754. The van der Waals surface area contributed by atoms with Gasteiger partial charge in [-0.05, 0) is 51.1 Å². The van der Waals surface area contributed by atoms with Crippen LogP contribution in [0.3, 0.4) is 0 Å². The van der Waals surface area contributed by atoms with Gasteiger partial charge >= 0.3 is 0 Å². The van der Waals surface area contributed by atoms with Crippen LogP contribution in [0, 0.1) is 13.8 Å². The number of thiophene rings is 1. The van der Waals surface area contributed by atoms with Gasteiger partial charge < -0.3 is 9.47 Å². The predicted octanol–water partition coefficient (Wildman–Crippen LogP) is 4.03. The lowest BCUT2D eigenvalue weighted by Crippen LogP contribution is -2.11. The van der Waals surface area contributed by atoms with Crippen LogP contribution in [0.1, 0.15) is 27.0 Å². The molecule has 0 bridgehead atoms. The molecule has 1 aromatic carbocycles. The minimum atomic E-state index is 0.0146. The number of ketones is 1. The molecule has 4 heteroatoms. The number of hydrogen-bond acceptors (Lipinski definition) is 4. The average Bonchev–Trinajstić information content (AvgIpc) is 2.77. The van der Waals surface area contributed by atoms with Gasteiger partial charge in [-0.15, -0.1) is 11.3 Å². The summed E-state index contributed by atoms with van der Waals surface area (Å²) in [6.07, 6.45) is 0. The van der Waals surface area contributed by atoms with Gasteiger partial charge in [-0.25, -0.2) is 0 Å². The summed E-state index contributed by atoms with van der Waals surface area (Å²) in [5.41, 5.74) is 0.762. The van der Waals surface area contributed by atoms with Gasteiger partial charge in [-0.2, -0.15) is 0 Å². The van der Waals surface area contributed by atoms with E-state index in [0.29, 0.717) is 12.4 Å². The van der Waals surface area contributed by atoms with Crippen LogP contribution in [-0.4, -0.2) is 19.0 Å². The molecular formula is C16H18O3S. The molecular weight excluding hydrogens is 272 g/mol. The molecule has 3 nitrogen and oxygen atoms in total. The fourth-order valence-electron chi connectivity index (χ4n) is 1.93. The van der Waals surface area contributed by atoms with E-state index < -0.39 is 0 Å². The van der Waals surface area contributed by atoms with Crippen molar-refractivity contribution in [3.8, 4) is 11.5 Å². The average molecular weight is 290 g/mol. The first-order chi connectivity index (χ1) is 9.60. The van der Waals surface area contributed by atoms with E-state index in [1.807, 2.05) is 51.1 Å². The first-order valence-corrected chi connectivity index (χ1v) is 7.37. The molecule has 2 aromatic rings. The van der Waals surface area contributed by atoms with Crippen molar-refractivity contribution in [3.05, 3.63) is 45.6 Å². The van der Waals surface area contributed by atoms with Crippen LogP contribution in [0.4, 0.5) is 0 Å². The molecule has 0 aliphatic carbocycles. The number of Topliss-reactive ketones (excluding diaryl/α,β-unsaturated/α-hetero) is 1. The highest BCUT2D eigenvalue weighted by molar-refractivity contribution is 7.12. The first-order valence-electron chi connectivity index (χ1n) is 6.56. The lowest BCUT2D eigenvalue weighted by molar-refractivity contribution is 0.0921. The van der Waals surface area contributed by atoms with E-state index in [1.165, 1.54) is 0 Å². The van der Waals surface area contributed by atoms with Gasteiger partial charge in [-0.1, -0.05) is 0 Å². The van der Waals surface area contributed by atoms with Crippen LogP contribution in [0.15, 0.2) is 30.3 Å². The number of ether oxygens (including phenoxy) is 2. The normalized spacial score (nSPS) is 10.3. The molecule has 0 saturated carbocycles. The molecule has 0 saturated heterocycles. The highest BCUT2D eigenvalue weighted by Gasteiger charge is 2.12. The van der Waals surface area contributed by atoms with E-state index in [9.17, 15) is 4.79 Å². The number of carbonyl (C=O) groups excluding carboxylic acids is 1. The number of carbonyl (C=O) groups is 1. The lowest BCUT2D eigenvalue weighted by Gasteiger charge is -2.07. The molecule has 0 atom stereocenters. The molecule has 0 N–H and O–H groups in total. The van der Waals surface area contributed by atoms with E-state index in [1.54, 1.807) is 11.3 Å². The van der Waals surface area contributed by atoms with Gasteiger partial charge in [0.05, 0.1) is 6.61 Å². The second-order valence-electron chi connectivity index (χ2n) is 4.44. The minimum absolute atomic E-state index is 0.0146. The Kier molecular flexibility index (Phi) is 4.79. The Bertz CT molecular complexity index is 584. The molecule has 0 fully saturated rings. The summed E-state index contributed by atoms with van der Waals surface area (Å²) in [5, 5.41) is 0. The zero-order valence-electron chi connectivity index (χ0n) is 11.9. The Hall–Kier alpha value is -1.81. The Morgan fingerprint density at radius 1 is 1.10 bits per heavy atom. The van der Waals surface area contributed by atoms with Crippen molar-refractivity contribution in [1.29, 1.82) is 0 Å². The van der Waals surface area contributed by atoms with Gasteiger partial charge in [0.1, 0.15) is 11.5 Å². The third kappa shape index (κ3) is 3.61. The molecule has 0 radical (unpaired) electrons. The van der Waals surface area contributed by atoms with Crippen LogP contribution >= 0.6 is 11.3 Å². The van der Waals surface area contributed by atoms with Crippen molar-refractivity contribution in [2.45, 2.75) is 20.8 Å². The molecule has 0 aliphatic rings. The zero-order valence-corrected chi connectivity index (χ0v) is 12.8. The fourth-order valence-corrected chi connectivity index (χ4v) is 2.88. The van der Waals surface area contributed by atoms with Gasteiger partial charge in [0, 0.05) is 15.3 Å². The van der Waals surface area contributed by atoms with Crippen LogP contribution < -0.4 is 9.47 Å². The van der Waals surface area contributed by atoms with E-state index >= 15 is 0 Å². The standard InChI is InChI=1S/C16H18O3S/c1-4-18-13-5-7-14(8-6-13)19-10-16(17)15-9-11(2)20-12(15)3/h5-9H,4,10H2,1-3H3. The van der Waals surface area contributed by atoms with Gasteiger partial charge in [0.25, 0.3) is 0 Å². The highest BCUT2D eigenvalue weighted by atomic mass is 32.1. The SMILES string of the molecule is CCOc1ccc(OCC(=O)c2cc(C)sc2C)cc1. The maximum absolute atomic E-state index is 12.1. The largest absolute Gasteiger partial charge is 0.494 e. The molecule has 0 spiro atoms. The summed E-state index contributed by atoms with van der Waals surface area (Å²) in [5.74, 6) is 1.49. The third-order valence-corrected chi connectivity index (χ3v) is 3.81. The van der Waals surface area contributed by atoms with Gasteiger partial charge in [0.15, 0.2) is 6.61 Å². The van der Waals surface area contributed by atoms with Crippen LogP contribution in [0.25, 0.3) is 0 Å². The Morgan fingerprint density at radius 2 is 1.70 bits per heavy atom. The number of benzene rings is 1. The summed E-state index contributed by atoms with van der Waals surface area (Å²) in [6.45, 7) is 6.60. The fraction of sp³-hybridized carbons (Fsp3) is 0.312.